The zero-order valence-electron chi connectivity index (χ0n) is 7.82. The molecule has 1 rings (SSSR count). The van der Waals surface area contributed by atoms with Gasteiger partial charge in [-0.1, -0.05) is 42.5 Å². The van der Waals surface area contributed by atoms with Gasteiger partial charge in [0.05, 0.1) is 5.57 Å². The second-order valence-electron chi connectivity index (χ2n) is 2.84. The molecule has 14 heavy (non-hydrogen) atoms. The topological polar surface area (TPSA) is 49.8 Å². The molecule has 0 saturated heterocycles. The van der Waals surface area contributed by atoms with Crippen molar-refractivity contribution in [1.82, 2.24) is 0 Å². The Balaban J connectivity index is 3.23. The average molecular weight is 202 g/mol. The Morgan fingerprint density at radius 1 is 1.36 bits per heavy atom. The summed E-state index contributed by atoms with van der Waals surface area (Å²) in [7, 11) is 0. The fraction of sp³-hybridized carbons (Fsp3) is 0.0909. The maximum Gasteiger partial charge on any atom is 0.114 e. The minimum absolute atomic E-state index is 0.147. The highest BCUT2D eigenvalue weighted by atomic mass is 32.1. The predicted molar refractivity (Wildman–Crippen MR) is 61.4 cm³/mol. The molecule has 2 nitrogen and oxygen atoms in total. The number of nitriles is 1. The highest BCUT2D eigenvalue weighted by molar-refractivity contribution is 7.80. The fourth-order valence-electron chi connectivity index (χ4n) is 1.16. The van der Waals surface area contributed by atoms with Crippen molar-refractivity contribution in [1.29, 1.82) is 5.26 Å². The van der Waals surface area contributed by atoms with E-state index in [9.17, 15) is 0 Å². The Kier molecular flexibility index (Phi) is 3.38. The van der Waals surface area contributed by atoms with E-state index in [0.29, 0.717) is 5.57 Å². The van der Waals surface area contributed by atoms with E-state index < -0.39 is 0 Å². The number of hydrogen-bond donors (Lipinski definition) is 1. The van der Waals surface area contributed by atoms with Gasteiger partial charge in [0.25, 0.3) is 0 Å². The second-order valence-corrected chi connectivity index (χ2v) is 3.28. The Labute approximate surface area is 88.7 Å². The third kappa shape index (κ3) is 2.18. The van der Waals surface area contributed by atoms with Crippen LogP contribution in [0.4, 0.5) is 0 Å². The van der Waals surface area contributed by atoms with Gasteiger partial charge in [-0.3, -0.25) is 0 Å². The number of nitrogens with two attached hydrogens (primary N) is 1. The van der Waals surface area contributed by atoms with Crippen LogP contribution in [-0.4, -0.2) is 4.99 Å². The second kappa shape index (κ2) is 4.54. The average Bonchev–Trinajstić information content (AvgIpc) is 2.19. The van der Waals surface area contributed by atoms with E-state index in [1.165, 1.54) is 0 Å². The van der Waals surface area contributed by atoms with Crippen molar-refractivity contribution in [3.05, 3.63) is 41.5 Å². The van der Waals surface area contributed by atoms with E-state index in [0.717, 1.165) is 11.1 Å². The van der Waals surface area contributed by atoms with E-state index in [1.54, 1.807) is 0 Å². The van der Waals surface area contributed by atoms with E-state index in [1.807, 2.05) is 43.3 Å². The maximum atomic E-state index is 8.85. The lowest BCUT2D eigenvalue weighted by molar-refractivity contribution is 1.48. The molecule has 1 aromatic rings. The summed E-state index contributed by atoms with van der Waals surface area (Å²) in [5.41, 5.74) is 7.61. The molecule has 0 saturated carbocycles. The van der Waals surface area contributed by atoms with Crippen LogP contribution in [0.1, 0.15) is 12.5 Å². The summed E-state index contributed by atoms with van der Waals surface area (Å²) in [6.45, 7) is 1.84. The summed E-state index contributed by atoms with van der Waals surface area (Å²) in [5, 5.41) is 8.85. The summed E-state index contributed by atoms with van der Waals surface area (Å²) >= 11 is 4.79. The van der Waals surface area contributed by atoms with Gasteiger partial charge >= 0.3 is 0 Å². The number of hydrogen-bond acceptors (Lipinski definition) is 2. The van der Waals surface area contributed by atoms with Crippen molar-refractivity contribution in [3.63, 3.8) is 0 Å². The van der Waals surface area contributed by atoms with Crippen LogP contribution in [0.3, 0.4) is 0 Å². The number of benzene rings is 1. The molecule has 3 heteroatoms. The van der Waals surface area contributed by atoms with Gasteiger partial charge in [-0.2, -0.15) is 5.26 Å². The molecule has 0 aliphatic rings. The molecular formula is C11H10N2S. The van der Waals surface area contributed by atoms with E-state index >= 15 is 0 Å². The van der Waals surface area contributed by atoms with Crippen LogP contribution in [0.5, 0.6) is 0 Å². The van der Waals surface area contributed by atoms with Gasteiger partial charge in [-0.05, 0) is 18.1 Å². The number of nitrogens with zero attached hydrogens (tertiary/aromatic N) is 1. The SMILES string of the molecule is C/C(=C(/C#N)C(N)=S)c1ccccc1. The fourth-order valence-corrected chi connectivity index (χ4v) is 1.35. The number of allylic oxidation sites excluding steroid dienone is 1. The Bertz CT molecular complexity index is 413. The molecule has 0 spiro atoms. The Hall–Kier alpha value is -1.66. The zero-order chi connectivity index (χ0) is 10.6. The van der Waals surface area contributed by atoms with Crippen LogP contribution in [0, 0.1) is 11.3 Å². The molecule has 0 aliphatic heterocycles. The highest BCUT2D eigenvalue weighted by Gasteiger charge is 2.06. The monoisotopic (exact) mass is 202 g/mol. The molecule has 0 fully saturated rings. The van der Waals surface area contributed by atoms with Gasteiger partial charge in [0.15, 0.2) is 0 Å². The highest BCUT2D eigenvalue weighted by Crippen LogP contribution is 2.17. The van der Waals surface area contributed by atoms with Crippen molar-refractivity contribution in [2.45, 2.75) is 6.92 Å². The van der Waals surface area contributed by atoms with Crippen molar-refractivity contribution in [3.8, 4) is 6.07 Å². The lowest BCUT2D eigenvalue weighted by Crippen LogP contribution is -2.11. The third-order valence-electron chi connectivity index (χ3n) is 1.94. The van der Waals surface area contributed by atoms with Crippen LogP contribution in [0.25, 0.3) is 5.57 Å². The molecule has 1 aromatic carbocycles. The molecule has 0 aromatic heterocycles. The first kappa shape index (κ1) is 10.4. The van der Waals surface area contributed by atoms with Crippen molar-refractivity contribution >= 4 is 22.8 Å². The minimum atomic E-state index is 0.147. The van der Waals surface area contributed by atoms with Gasteiger partial charge in [0, 0.05) is 0 Å². The molecule has 0 atom stereocenters. The predicted octanol–water partition coefficient (Wildman–Crippen LogP) is 2.27. The molecule has 0 aliphatic carbocycles. The third-order valence-corrected chi connectivity index (χ3v) is 2.14. The van der Waals surface area contributed by atoms with Crippen molar-refractivity contribution < 1.29 is 0 Å². The summed E-state index contributed by atoms with van der Waals surface area (Å²) < 4.78 is 0. The maximum absolute atomic E-state index is 8.85. The Morgan fingerprint density at radius 3 is 2.36 bits per heavy atom. The van der Waals surface area contributed by atoms with Gasteiger partial charge in [0.1, 0.15) is 11.1 Å². The molecule has 0 amide bonds. The van der Waals surface area contributed by atoms with Crippen molar-refractivity contribution in [2.75, 3.05) is 0 Å². The summed E-state index contributed by atoms with van der Waals surface area (Å²) in [4.78, 5) is 0.147. The van der Waals surface area contributed by atoms with Crippen LogP contribution in [-0.2, 0) is 0 Å². The normalized spacial score (nSPS) is 11.4. The minimum Gasteiger partial charge on any atom is -0.389 e. The van der Waals surface area contributed by atoms with Crippen LogP contribution in [0.2, 0.25) is 0 Å². The number of rotatable bonds is 2. The largest absolute Gasteiger partial charge is 0.389 e. The molecule has 0 heterocycles. The molecular weight excluding hydrogens is 192 g/mol. The molecule has 0 unspecified atom stereocenters. The van der Waals surface area contributed by atoms with Gasteiger partial charge in [-0.25, -0.2) is 0 Å². The number of thiocarbonyl (C=S) groups is 1. The lowest BCUT2D eigenvalue weighted by Gasteiger charge is -2.03. The van der Waals surface area contributed by atoms with E-state index in [4.69, 9.17) is 23.2 Å². The molecule has 2 N–H and O–H groups in total. The van der Waals surface area contributed by atoms with Crippen molar-refractivity contribution in [2.24, 2.45) is 5.73 Å². The molecule has 0 radical (unpaired) electrons. The Morgan fingerprint density at radius 2 is 1.93 bits per heavy atom. The van der Waals surface area contributed by atoms with Gasteiger partial charge < -0.3 is 5.73 Å². The van der Waals surface area contributed by atoms with Crippen LogP contribution in [0.15, 0.2) is 35.9 Å². The standard InChI is InChI=1S/C11H10N2S/c1-8(10(7-12)11(13)14)9-5-3-2-4-6-9/h2-6H,1H3,(H2,13,14)/b10-8+. The summed E-state index contributed by atoms with van der Waals surface area (Å²) in [5.74, 6) is 0. The smallest absolute Gasteiger partial charge is 0.114 e. The van der Waals surface area contributed by atoms with Crippen LogP contribution < -0.4 is 5.73 Å². The first-order valence-corrected chi connectivity index (χ1v) is 4.54. The molecule has 0 bridgehead atoms. The summed E-state index contributed by atoms with van der Waals surface area (Å²) in [6.07, 6.45) is 0. The van der Waals surface area contributed by atoms with Gasteiger partial charge in [0.2, 0.25) is 0 Å². The first-order chi connectivity index (χ1) is 6.66. The van der Waals surface area contributed by atoms with Crippen LogP contribution >= 0.6 is 12.2 Å². The molecule has 70 valence electrons. The van der Waals surface area contributed by atoms with E-state index in [2.05, 4.69) is 0 Å². The zero-order valence-corrected chi connectivity index (χ0v) is 8.64. The quantitative estimate of drug-likeness (QED) is 0.454. The van der Waals surface area contributed by atoms with Gasteiger partial charge in [-0.15, -0.1) is 0 Å². The lowest BCUT2D eigenvalue weighted by atomic mass is 10.0. The van der Waals surface area contributed by atoms with E-state index in [-0.39, 0.29) is 4.99 Å². The summed E-state index contributed by atoms with van der Waals surface area (Å²) in [6, 6.07) is 11.6. The first-order valence-electron chi connectivity index (χ1n) is 4.13.